The number of aromatic nitrogens is 2. The van der Waals surface area contributed by atoms with Crippen LogP contribution in [-0.2, 0) is 0 Å². The van der Waals surface area contributed by atoms with E-state index in [0.29, 0.717) is 17.1 Å². The Morgan fingerprint density at radius 3 is 2.60 bits per heavy atom. The summed E-state index contributed by atoms with van der Waals surface area (Å²) in [6, 6.07) is 20.9. The summed E-state index contributed by atoms with van der Waals surface area (Å²) in [7, 11) is 3.21. The van der Waals surface area contributed by atoms with E-state index in [0.717, 1.165) is 27.6 Å². The average molecular weight is 400 g/mol. The molecule has 0 fully saturated rings. The molecule has 0 spiro atoms. The quantitative estimate of drug-likeness (QED) is 0.378. The Balaban J connectivity index is 1.51. The van der Waals surface area contributed by atoms with Crippen molar-refractivity contribution in [3.8, 4) is 22.8 Å². The number of fused-ring (bicyclic) bond motifs is 1. The van der Waals surface area contributed by atoms with E-state index < -0.39 is 5.91 Å². The highest BCUT2D eigenvalue weighted by molar-refractivity contribution is 6.03. The summed E-state index contributed by atoms with van der Waals surface area (Å²) in [6.07, 6.45) is 1.58. The van der Waals surface area contributed by atoms with Crippen LogP contribution in [0.25, 0.3) is 22.0 Å². The predicted octanol–water partition coefficient (Wildman–Crippen LogP) is 4.01. The molecule has 7 nitrogen and oxygen atoms in total. The van der Waals surface area contributed by atoms with Gasteiger partial charge in [0.15, 0.2) is 0 Å². The number of aromatic amines is 1. The lowest BCUT2D eigenvalue weighted by molar-refractivity contribution is 0.0950. The standard InChI is InChI=1S/C23H20N4O3/c1-29-17-10-7-16(8-11-17)20-13-21(26-25-20)23(28)27-24-14-19-18-6-4-3-5-15(18)9-12-22(19)30-2/h3-14H,1-2H3,(H,25,26)(H,27,28)/b24-14-. The Kier molecular flexibility index (Phi) is 5.43. The molecular formula is C23H20N4O3. The second-order valence-electron chi connectivity index (χ2n) is 6.50. The maximum atomic E-state index is 12.5. The summed E-state index contributed by atoms with van der Waals surface area (Å²) in [4.78, 5) is 12.5. The Labute approximate surface area is 173 Å². The van der Waals surface area contributed by atoms with Gasteiger partial charge in [0.05, 0.1) is 26.1 Å². The van der Waals surface area contributed by atoms with E-state index in [1.54, 1.807) is 26.5 Å². The second kappa shape index (κ2) is 8.48. The fraction of sp³-hybridized carbons (Fsp3) is 0.0870. The molecule has 0 bridgehead atoms. The molecule has 3 aromatic carbocycles. The van der Waals surface area contributed by atoms with Crippen molar-refractivity contribution in [1.29, 1.82) is 0 Å². The number of rotatable bonds is 6. The van der Waals surface area contributed by atoms with Gasteiger partial charge in [-0.15, -0.1) is 0 Å². The van der Waals surface area contributed by atoms with Gasteiger partial charge in [-0.05, 0) is 47.2 Å². The highest BCUT2D eigenvalue weighted by Crippen LogP contribution is 2.26. The maximum Gasteiger partial charge on any atom is 0.289 e. The summed E-state index contributed by atoms with van der Waals surface area (Å²) in [6.45, 7) is 0. The van der Waals surface area contributed by atoms with Crippen LogP contribution in [0, 0.1) is 0 Å². The van der Waals surface area contributed by atoms with Crippen LogP contribution in [0.1, 0.15) is 16.1 Å². The van der Waals surface area contributed by atoms with E-state index >= 15 is 0 Å². The van der Waals surface area contributed by atoms with Gasteiger partial charge in [-0.2, -0.15) is 10.2 Å². The minimum Gasteiger partial charge on any atom is -0.497 e. The molecular weight excluding hydrogens is 380 g/mol. The SMILES string of the molecule is COc1ccc(-c2cc(C(=O)N/N=C\c3c(OC)ccc4ccccc34)[nH]n2)cc1. The first-order valence-electron chi connectivity index (χ1n) is 9.28. The topological polar surface area (TPSA) is 88.6 Å². The second-order valence-corrected chi connectivity index (χ2v) is 6.50. The Hall–Kier alpha value is -4.13. The normalized spacial score (nSPS) is 11.0. The Morgan fingerprint density at radius 2 is 1.83 bits per heavy atom. The van der Waals surface area contributed by atoms with Crippen LogP contribution >= 0.6 is 0 Å². The zero-order valence-electron chi connectivity index (χ0n) is 16.5. The zero-order valence-corrected chi connectivity index (χ0v) is 16.5. The number of nitrogens with one attached hydrogen (secondary N) is 2. The lowest BCUT2D eigenvalue weighted by atomic mass is 10.0. The van der Waals surface area contributed by atoms with Gasteiger partial charge >= 0.3 is 0 Å². The van der Waals surface area contributed by atoms with Crippen LogP contribution in [0.2, 0.25) is 0 Å². The highest BCUT2D eigenvalue weighted by Gasteiger charge is 2.11. The summed E-state index contributed by atoms with van der Waals surface area (Å²) >= 11 is 0. The lowest BCUT2D eigenvalue weighted by Gasteiger charge is -2.08. The lowest BCUT2D eigenvalue weighted by Crippen LogP contribution is -2.18. The van der Waals surface area contributed by atoms with Crippen molar-refractivity contribution in [2.75, 3.05) is 14.2 Å². The number of nitrogens with zero attached hydrogens (tertiary/aromatic N) is 2. The third-order valence-corrected chi connectivity index (χ3v) is 4.72. The fourth-order valence-corrected chi connectivity index (χ4v) is 3.15. The molecule has 30 heavy (non-hydrogen) atoms. The van der Waals surface area contributed by atoms with E-state index in [2.05, 4.69) is 20.7 Å². The molecule has 4 rings (SSSR count). The van der Waals surface area contributed by atoms with Crippen LogP contribution in [0.15, 0.2) is 71.8 Å². The largest absolute Gasteiger partial charge is 0.497 e. The van der Waals surface area contributed by atoms with Crippen LogP contribution in [0.3, 0.4) is 0 Å². The van der Waals surface area contributed by atoms with Crippen molar-refractivity contribution in [1.82, 2.24) is 15.6 Å². The number of methoxy groups -OCH3 is 2. The van der Waals surface area contributed by atoms with Crippen molar-refractivity contribution < 1.29 is 14.3 Å². The molecule has 0 radical (unpaired) electrons. The van der Waals surface area contributed by atoms with E-state index in [4.69, 9.17) is 9.47 Å². The summed E-state index contributed by atoms with van der Waals surface area (Å²) < 4.78 is 10.6. The molecule has 0 saturated heterocycles. The van der Waals surface area contributed by atoms with Crippen molar-refractivity contribution in [2.24, 2.45) is 5.10 Å². The predicted molar refractivity (Wildman–Crippen MR) is 116 cm³/mol. The molecule has 7 heteroatoms. The summed E-state index contributed by atoms with van der Waals surface area (Å²) in [5.74, 6) is 1.04. The molecule has 0 atom stereocenters. The maximum absolute atomic E-state index is 12.5. The zero-order chi connectivity index (χ0) is 20.9. The van der Waals surface area contributed by atoms with Gasteiger partial charge in [0.1, 0.15) is 17.2 Å². The minimum atomic E-state index is -0.391. The number of hydrogen-bond acceptors (Lipinski definition) is 5. The van der Waals surface area contributed by atoms with Gasteiger partial charge in [-0.1, -0.05) is 30.3 Å². The van der Waals surface area contributed by atoms with Crippen LogP contribution in [0.4, 0.5) is 0 Å². The molecule has 1 aromatic heterocycles. The van der Waals surface area contributed by atoms with E-state index in [9.17, 15) is 4.79 Å². The molecule has 0 aliphatic heterocycles. The minimum absolute atomic E-state index is 0.308. The number of carbonyl (C=O) groups excluding carboxylic acids is 1. The Bertz CT molecular complexity index is 1210. The molecule has 1 amide bonds. The van der Waals surface area contributed by atoms with Crippen LogP contribution in [-0.4, -0.2) is 36.5 Å². The van der Waals surface area contributed by atoms with Gasteiger partial charge in [0, 0.05) is 11.1 Å². The summed E-state index contributed by atoms with van der Waals surface area (Å²) in [5.41, 5.74) is 5.16. The molecule has 1 heterocycles. The highest BCUT2D eigenvalue weighted by atomic mass is 16.5. The van der Waals surface area contributed by atoms with Crippen molar-refractivity contribution in [3.05, 3.63) is 78.0 Å². The average Bonchev–Trinajstić information content (AvgIpc) is 3.29. The fourth-order valence-electron chi connectivity index (χ4n) is 3.15. The number of hydrogen-bond donors (Lipinski definition) is 2. The molecule has 0 unspecified atom stereocenters. The number of benzene rings is 3. The summed E-state index contributed by atoms with van der Waals surface area (Å²) in [5, 5.41) is 13.1. The van der Waals surface area contributed by atoms with Gasteiger partial charge in [-0.3, -0.25) is 9.89 Å². The van der Waals surface area contributed by atoms with Crippen molar-refractivity contribution in [3.63, 3.8) is 0 Å². The first-order valence-corrected chi connectivity index (χ1v) is 9.28. The number of amides is 1. The van der Waals surface area contributed by atoms with Gasteiger partial charge in [0.25, 0.3) is 5.91 Å². The number of H-pyrrole nitrogens is 1. The van der Waals surface area contributed by atoms with E-state index in [1.807, 2.05) is 60.7 Å². The van der Waals surface area contributed by atoms with Gasteiger partial charge in [0.2, 0.25) is 0 Å². The molecule has 0 saturated carbocycles. The van der Waals surface area contributed by atoms with Crippen molar-refractivity contribution >= 4 is 22.9 Å². The molecule has 150 valence electrons. The monoisotopic (exact) mass is 400 g/mol. The third kappa shape index (κ3) is 3.86. The van der Waals surface area contributed by atoms with Crippen LogP contribution in [0.5, 0.6) is 11.5 Å². The van der Waals surface area contributed by atoms with E-state index in [1.165, 1.54) is 0 Å². The number of carbonyl (C=O) groups is 1. The van der Waals surface area contributed by atoms with Gasteiger partial charge in [-0.25, -0.2) is 5.43 Å². The molecule has 2 N–H and O–H groups in total. The molecule has 4 aromatic rings. The Morgan fingerprint density at radius 1 is 1.03 bits per heavy atom. The number of ether oxygens (including phenoxy) is 2. The van der Waals surface area contributed by atoms with Crippen molar-refractivity contribution in [2.45, 2.75) is 0 Å². The third-order valence-electron chi connectivity index (χ3n) is 4.72. The molecule has 0 aliphatic rings. The first-order chi connectivity index (χ1) is 14.7. The van der Waals surface area contributed by atoms with Gasteiger partial charge < -0.3 is 9.47 Å². The number of hydrazone groups is 1. The molecule has 0 aliphatic carbocycles. The first kappa shape index (κ1) is 19.2. The van der Waals surface area contributed by atoms with E-state index in [-0.39, 0.29) is 0 Å². The smallest absolute Gasteiger partial charge is 0.289 e. The van der Waals surface area contributed by atoms with Crippen LogP contribution < -0.4 is 14.9 Å².